The van der Waals surface area contributed by atoms with Gasteiger partial charge in [0.1, 0.15) is 6.04 Å². The molecule has 0 bridgehead atoms. The summed E-state index contributed by atoms with van der Waals surface area (Å²) in [6.45, 7) is -0.934. The normalized spacial score (nSPS) is 18.1. The lowest BCUT2D eigenvalue weighted by Crippen LogP contribution is -2.43. The van der Waals surface area contributed by atoms with Gasteiger partial charge < -0.3 is 15.0 Å². The molecule has 2 aromatic rings. The largest absolute Gasteiger partial charge is 0.380 e. The topological polar surface area (TPSA) is 95.3 Å². The molecular weight excluding hydrogens is 370 g/mol. The Morgan fingerprint density at radius 1 is 1.43 bits per heavy atom. The molecule has 1 N–H and O–H groups in total. The van der Waals surface area contributed by atoms with E-state index < -0.39 is 43.3 Å². The molecule has 28 heavy (non-hydrogen) atoms. The van der Waals surface area contributed by atoms with Crippen LogP contribution in [-0.4, -0.2) is 53.9 Å². The van der Waals surface area contributed by atoms with Crippen LogP contribution in [0.25, 0.3) is 10.9 Å². The molecule has 2 amide bonds. The van der Waals surface area contributed by atoms with Crippen LogP contribution in [0.2, 0.25) is 0 Å². The van der Waals surface area contributed by atoms with Crippen molar-refractivity contribution in [2.75, 3.05) is 20.2 Å². The van der Waals surface area contributed by atoms with E-state index in [1.165, 1.54) is 12.3 Å². The maximum absolute atomic E-state index is 13.5. The van der Waals surface area contributed by atoms with Gasteiger partial charge in [0.2, 0.25) is 5.91 Å². The van der Waals surface area contributed by atoms with E-state index in [2.05, 4.69) is 10.3 Å². The smallest absolute Gasteiger partial charge is 0.268 e. The molecular formula is C19H18F2N4O3. The van der Waals surface area contributed by atoms with Gasteiger partial charge in [-0.25, -0.2) is 8.78 Å². The average molecular weight is 388 g/mol. The van der Waals surface area contributed by atoms with E-state index in [0.717, 1.165) is 10.5 Å². The maximum Gasteiger partial charge on any atom is 0.268 e. The number of benzene rings is 1. The van der Waals surface area contributed by atoms with Gasteiger partial charge >= 0.3 is 0 Å². The fraction of sp³-hybridized carbons (Fsp3) is 0.368. The van der Waals surface area contributed by atoms with Crippen LogP contribution in [0.3, 0.4) is 0 Å². The Balaban J connectivity index is 1.74. The van der Waals surface area contributed by atoms with Crippen LogP contribution in [-0.2, 0) is 16.1 Å². The Bertz CT molecular complexity index is 958. The molecule has 146 valence electrons. The van der Waals surface area contributed by atoms with Crippen molar-refractivity contribution in [3.63, 3.8) is 0 Å². The average Bonchev–Trinajstić information content (AvgIpc) is 3.00. The van der Waals surface area contributed by atoms with Gasteiger partial charge in [-0.05, 0) is 23.8 Å². The number of pyridine rings is 1. The van der Waals surface area contributed by atoms with Crippen molar-refractivity contribution >= 4 is 22.7 Å². The van der Waals surface area contributed by atoms with E-state index in [9.17, 15) is 18.4 Å². The van der Waals surface area contributed by atoms with Gasteiger partial charge in [-0.15, -0.1) is 0 Å². The molecule has 1 aromatic carbocycles. The number of hydrogen-bond acceptors (Lipinski definition) is 5. The lowest BCUT2D eigenvalue weighted by Gasteiger charge is -2.19. The first-order valence-corrected chi connectivity index (χ1v) is 8.56. The highest BCUT2D eigenvalue weighted by Crippen LogP contribution is 2.31. The first kappa shape index (κ1) is 19.6. The quantitative estimate of drug-likeness (QED) is 0.844. The molecule has 0 aliphatic carbocycles. The van der Waals surface area contributed by atoms with Crippen molar-refractivity contribution < 1.29 is 23.1 Å². The number of hydrogen-bond donors (Lipinski definition) is 1. The number of likely N-dealkylation sites (tertiary alicyclic amines) is 1. The molecule has 1 unspecified atom stereocenters. The Morgan fingerprint density at radius 2 is 2.21 bits per heavy atom. The number of carbonyl (C=O) groups excluding carboxylic acids is 2. The maximum atomic E-state index is 13.5. The van der Waals surface area contributed by atoms with Crippen LogP contribution in [0.5, 0.6) is 0 Å². The van der Waals surface area contributed by atoms with Crippen molar-refractivity contribution in [2.24, 2.45) is 0 Å². The summed E-state index contributed by atoms with van der Waals surface area (Å²) < 4.78 is 32.1. The first-order valence-electron chi connectivity index (χ1n) is 8.56. The van der Waals surface area contributed by atoms with Crippen LogP contribution >= 0.6 is 0 Å². The van der Waals surface area contributed by atoms with Crippen LogP contribution in [0.15, 0.2) is 30.5 Å². The summed E-state index contributed by atoms with van der Waals surface area (Å²) in [4.78, 5) is 29.8. The summed E-state index contributed by atoms with van der Waals surface area (Å²) in [7, 11) is 1.56. The second kappa shape index (κ2) is 7.86. The second-order valence-corrected chi connectivity index (χ2v) is 6.55. The third-order valence-corrected chi connectivity index (χ3v) is 4.50. The van der Waals surface area contributed by atoms with Gasteiger partial charge in [-0.2, -0.15) is 5.26 Å². The number of nitrogens with zero attached hydrogens (tertiary/aromatic N) is 3. The van der Waals surface area contributed by atoms with Gasteiger partial charge in [0.15, 0.2) is 0 Å². The molecule has 1 aliphatic heterocycles. The number of amides is 2. The lowest BCUT2D eigenvalue weighted by molar-refractivity contribution is -0.131. The van der Waals surface area contributed by atoms with Gasteiger partial charge in [0.25, 0.3) is 11.8 Å². The van der Waals surface area contributed by atoms with Gasteiger partial charge in [-0.3, -0.25) is 14.6 Å². The molecule has 0 radical (unpaired) electrons. The molecule has 0 spiro atoms. The number of alkyl halides is 2. The molecule has 0 saturated carbocycles. The standard InChI is InChI=1S/C19H18F2N4O3/c1-28-10-12-2-3-16-15(6-12)14(4-5-23-16)18(27)24-9-17(26)25-11-19(20,21)7-13(25)8-22/h2-6,13H,7,9-11H2,1H3,(H,24,27). The molecule has 3 rings (SSSR count). The number of ether oxygens (including phenoxy) is 1. The molecule has 1 fully saturated rings. The minimum Gasteiger partial charge on any atom is -0.380 e. The minimum absolute atomic E-state index is 0.305. The summed E-state index contributed by atoms with van der Waals surface area (Å²) in [5.74, 6) is -4.36. The van der Waals surface area contributed by atoms with Gasteiger partial charge in [-0.1, -0.05) is 6.07 Å². The minimum atomic E-state index is -3.10. The summed E-state index contributed by atoms with van der Waals surface area (Å²) in [6, 6.07) is 7.39. The van der Waals surface area contributed by atoms with Crippen LogP contribution in [0, 0.1) is 11.3 Å². The van der Waals surface area contributed by atoms with Gasteiger partial charge in [0.05, 0.1) is 36.8 Å². The fourth-order valence-electron chi connectivity index (χ4n) is 3.19. The van der Waals surface area contributed by atoms with Gasteiger partial charge in [0, 0.05) is 25.1 Å². The Labute approximate surface area is 159 Å². The number of nitrogens with one attached hydrogen (secondary N) is 1. The summed E-state index contributed by atoms with van der Waals surface area (Å²) in [5, 5.41) is 12.0. The van der Waals surface area contributed by atoms with Crippen LogP contribution in [0.4, 0.5) is 8.78 Å². The van der Waals surface area contributed by atoms with Crippen molar-refractivity contribution in [1.29, 1.82) is 5.26 Å². The Kier molecular flexibility index (Phi) is 5.51. The predicted molar refractivity (Wildman–Crippen MR) is 95.5 cm³/mol. The molecule has 1 aromatic heterocycles. The lowest BCUT2D eigenvalue weighted by atomic mass is 10.1. The summed E-state index contributed by atoms with van der Waals surface area (Å²) in [6.07, 6.45) is 0.780. The number of rotatable bonds is 5. The van der Waals surface area contributed by atoms with E-state index in [0.29, 0.717) is 23.1 Å². The zero-order valence-corrected chi connectivity index (χ0v) is 15.1. The third kappa shape index (κ3) is 4.07. The molecule has 2 heterocycles. The Morgan fingerprint density at radius 3 is 2.93 bits per heavy atom. The van der Waals surface area contributed by atoms with Crippen molar-refractivity contribution in [2.45, 2.75) is 25.0 Å². The fourth-order valence-corrected chi connectivity index (χ4v) is 3.19. The number of fused-ring (bicyclic) bond motifs is 1. The highest BCUT2D eigenvalue weighted by molar-refractivity contribution is 6.07. The third-order valence-electron chi connectivity index (χ3n) is 4.50. The summed E-state index contributed by atoms with van der Waals surface area (Å²) in [5.41, 5.74) is 1.76. The Hall–Kier alpha value is -3.12. The zero-order chi connectivity index (χ0) is 20.3. The number of carbonyl (C=O) groups is 2. The number of halogens is 2. The molecule has 7 nitrogen and oxygen atoms in total. The van der Waals surface area contributed by atoms with E-state index in [-0.39, 0.29) is 0 Å². The first-order chi connectivity index (χ1) is 13.3. The van der Waals surface area contributed by atoms with E-state index >= 15 is 0 Å². The van der Waals surface area contributed by atoms with Crippen molar-refractivity contribution in [3.8, 4) is 6.07 Å². The molecule has 9 heteroatoms. The highest BCUT2D eigenvalue weighted by atomic mass is 19.3. The SMILES string of the molecule is COCc1ccc2nccc(C(=O)NCC(=O)N3CC(F)(F)CC3C#N)c2c1. The number of aromatic nitrogens is 1. The number of methoxy groups -OCH3 is 1. The van der Waals surface area contributed by atoms with E-state index in [1.807, 2.05) is 6.07 Å². The van der Waals surface area contributed by atoms with Crippen molar-refractivity contribution in [1.82, 2.24) is 15.2 Å². The molecule has 1 aliphatic rings. The van der Waals surface area contributed by atoms with Crippen LogP contribution < -0.4 is 5.32 Å². The van der Waals surface area contributed by atoms with E-state index in [1.54, 1.807) is 25.3 Å². The van der Waals surface area contributed by atoms with Crippen molar-refractivity contribution in [3.05, 3.63) is 41.6 Å². The zero-order valence-electron chi connectivity index (χ0n) is 15.1. The second-order valence-electron chi connectivity index (χ2n) is 6.55. The predicted octanol–water partition coefficient (Wildman–Crippen LogP) is 1.87. The molecule has 1 atom stereocenters. The van der Waals surface area contributed by atoms with Crippen LogP contribution in [0.1, 0.15) is 22.3 Å². The molecule has 1 saturated heterocycles. The highest BCUT2D eigenvalue weighted by Gasteiger charge is 2.47. The van der Waals surface area contributed by atoms with E-state index in [4.69, 9.17) is 10.00 Å². The monoisotopic (exact) mass is 388 g/mol. The number of nitriles is 1. The summed E-state index contributed by atoms with van der Waals surface area (Å²) >= 11 is 0.